The van der Waals surface area contributed by atoms with Crippen LogP contribution in [-0.2, 0) is 0 Å². The van der Waals surface area contributed by atoms with E-state index >= 15 is 0 Å². The van der Waals surface area contributed by atoms with E-state index in [0.29, 0.717) is 0 Å². The average Bonchev–Trinajstić information content (AvgIpc) is 2.29. The van der Waals surface area contributed by atoms with Gasteiger partial charge in [-0.05, 0) is 6.92 Å². The van der Waals surface area contributed by atoms with Crippen molar-refractivity contribution >= 4 is 11.8 Å². The van der Waals surface area contributed by atoms with E-state index in [1.807, 2.05) is 0 Å². The highest BCUT2D eigenvalue weighted by Gasteiger charge is 2.19. The van der Waals surface area contributed by atoms with Crippen molar-refractivity contribution < 1.29 is 0 Å². The molecule has 0 aromatic heterocycles. The number of nitrogens with one attached hydrogen (secondary N) is 1. The molecule has 0 radical (unpaired) electrons. The van der Waals surface area contributed by atoms with Crippen LogP contribution in [0, 0.1) is 0 Å². The molecule has 0 bridgehead atoms. The third-order valence-electron chi connectivity index (χ3n) is 3.42. The Labute approximate surface area is 97.6 Å². The van der Waals surface area contributed by atoms with Gasteiger partial charge >= 0.3 is 0 Å². The Kier molecular flexibility index (Phi) is 4.75. The van der Waals surface area contributed by atoms with Crippen LogP contribution in [0.3, 0.4) is 0 Å². The van der Waals surface area contributed by atoms with Crippen molar-refractivity contribution in [1.82, 2.24) is 15.1 Å². The number of thioether (sulfide) groups is 1. The molecule has 0 aromatic carbocycles. The summed E-state index contributed by atoms with van der Waals surface area (Å²) in [6.07, 6.45) is 0. The topological polar surface area (TPSA) is 18.5 Å². The predicted octanol–water partition coefficient (Wildman–Crippen LogP) is 0.329. The number of piperazine rings is 1. The van der Waals surface area contributed by atoms with E-state index in [4.69, 9.17) is 0 Å². The van der Waals surface area contributed by atoms with Gasteiger partial charge in [-0.3, -0.25) is 9.80 Å². The van der Waals surface area contributed by atoms with Crippen molar-refractivity contribution in [3.05, 3.63) is 0 Å². The molecule has 2 saturated heterocycles. The average molecular weight is 229 g/mol. The molecule has 15 heavy (non-hydrogen) atoms. The van der Waals surface area contributed by atoms with Crippen LogP contribution < -0.4 is 5.32 Å². The summed E-state index contributed by atoms with van der Waals surface area (Å²) in [5.41, 5.74) is 0. The molecule has 0 saturated carbocycles. The Morgan fingerprint density at radius 2 is 2.00 bits per heavy atom. The monoisotopic (exact) mass is 229 g/mol. The Morgan fingerprint density at radius 1 is 1.20 bits per heavy atom. The van der Waals surface area contributed by atoms with Gasteiger partial charge in [-0.1, -0.05) is 0 Å². The van der Waals surface area contributed by atoms with Crippen molar-refractivity contribution in [2.75, 3.05) is 57.3 Å². The van der Waals surface area contributed by atoms with Crippen LogP contribution in [-0.4, -0.2) is 73.2 Å². The molecule has 0 amide bonds. The van der Waals surface area contributed by atoms with E-state index < -0.39 is 0 Å². The van der Waals surface area contributed by atoms with Crippen molar-refractivity contribution in [3.8, 4) is 0 Å². The fourth-order valence-electron chi connectivity index (χ4n) is 2.30. The largest absolute Gasteiger partial charge is 0.314 e. The lowest BCUT2D eigenvalue weighted by Gasteiger charge is -2.35. The van der Waals surface area contributed by atoms with Crippen LogP contribution in [0.1, 0.15) is 6.92 Å². The normalized spacial score (nSPS) is 30.6. The van der Waals surface area contributed by atoms with Gasteiger partial charge < -0.3 is 5.32 Å². The summed E-state index contributed by atoms with van der Waals surface area (Å²) in [5.74, 6) is 2.65. The molecule has 3 nitrogen and oxygen atoms in total. The Balaban J connectivity index is 1.67. The maximum atomic E-state index is 3.40. The maximum Gasteiger partial charge on any atom is 0.0158 e. The van der Waals surface area contributed by atoms with Gasteiger partial charge in [-0.15, -0.1) is 0 Å². The highest BCUT2D eigenvalue weighted by Crippen LogP contribution is 2.15. The lowest BCUT2D eigenvalue weighted by molar-refractivity contribution is 0.170. The first-order valence-electron chi connectivity index (χ1n) is 6.11. The van der Waals surface area contributed by atoms with Gasteiger partial charge in [-0.2, -0.15) is 11.8 Å². The lowest BCUT2D eigenvalue weighted by atomic mass is 10.3. The van der Waals surface area contributed by atoms with Crippen LogP contribution in [0.15, 0.2) is 0 Å². The Morgan fingerprint density at radius 3 is 2.73 bits per heavy atom. The highest BCUT2D eigenvalue weighted by molar-refractivity contribution is 7.99. The molecule has 2 rings (SSSR count). The van der Waals surface area contributed by atoms with Crippen LogP contribution >= 0.6 is 11.8 Å². The van der Waals surface area contributed by atoms with E-state index in [-0.39, 0.29) is 0 Å². The van der Waals surface area contributed by atoms with E-state index in [0.717, 1.165) is 6.04 Å². The molecule has 2 heterocycles. The van der Waals surface area contributed by atoms with Gasteiger partial charge in [0.15, 0.2) is 0 Å². The quantitative estimate of drug-likeness (QED) is 0.751. The van der Waals surface area contributed by atoms with Gasteiger partial charge in [0.2, 0.25) is 0 Å². The molecule has 0 aliphatic carbocycles. The van der Waals surface area contributed by atoms with Crippen molar-refractivity contribution in [2.24, 2.45) is 0 Å². The molecule has 1 atom stereocenters. The van der Waals surface area contributed by atoms with Gasteiger partial charge in [0.1, 0.15) is 0 Å². The van der Waals surface area contributed by atoms with Crippen molar-refractivity contribution in [2.45, 2.75) is 13.0 Å². The fraction of sp³-hybridized carbons (Fsp3) is 1.00. The summed E-state index contributed by atoms with van der Waals surface area (Å²) in [4.78, 5) is 5.24. The summed E-state index contributed by atoms with van der Waals surface area (Å²) in [6.45, 7) is 11.0. The van der Waals surface area contributed by atoms with Crippen LogP contribution in [0.5, 0.6) is 0 Å². The molecule has 1 unspecified atom stereocenters. The minimum absolute atomic E-state index is 0.784. The number of rotatable bonds is 3. The summed E-state index contributed by atoms with van der Waals surface area (Å²) < 4.78 is 0. The molecule has 0 spiro atoms. The zero-order valence-corrected chi connectivity index (χ0v) is 10.6. The van der Waals surface area contributed by atoms with E-state index in [2.05, 4.69) is 33.8 Å². The molecule has 88 valence electrons. The summed E-state index contributed by atoms with van der Waals surface area (Å²) in [6, 6.07) is 0.784. The third kappa shape index (κ3) is 3.63. The number of hydrogen-bond acceptors (Lipinski definition) is 4. The standard InChI is InChI=1S/C11H23N3S/c1-11-10-15-9-8-14(11)7-6-13-4-2-12-3-5-13/h11-12H,2-10H2,1H3. The first-order valence-corrected chi connectivity index (χ1v) is 7.26. The maximum absolute atomic E-state index is 3.40. The fourth-order valence-corrected chi connectivity index (χ4v) is 3.38. The van der Waals surface area contributed by atoms with Gasteiger partial charge in [0, 0.05) is 63.4 Å². The first-order chi connectivity index (χ1) is 7.36. The summed E-state index contributed by atoms with van der Waals surface area (Å²) >= 11 is 2.10. The van der Waals surface area contributed by atoms with Gasteiger partial charge in [-0.25, -0.2) is 0 Å². The molecular formula is C11H23N3S. The smallest absolute Gasteiger partial charge is 0.0158 e. The SMILES string of the molecule is CC1CSCCN1CCN1CCNCC1. The Bertz CT molecular complexity index is 183. The molecule has 0 aromatic rings. The second kappa shape index (κ2) is 6.09. The lowest BCUT2D eigenvalue weighted by Crippen LogP contribution is -2.49. The van der Waals surface area contributed by atoms with Gasteiger partial charge in [0.25, 0.3) is 0 Å². The zero-order chi connectivity index (χ0) is 10.5. The van der Waals surface area contributed by atoms with E-state index in [9.17, 15) is 0 Å². The van der Waals surface area contributed by atoms with E-state index in [1.165, 1.54) is 57.3 Å². The molecule has 1 N–H and O–H groups in total. The highest BCUT2D eigenvalue weighted by atomic mass is 32.2. The first kappa shape index (κ1) is 11.7. The summed E-state index contributed by atoms with van der Waals surface area (Å²) in [5, 5.41) is 3.40. The zero-order valence-electron chi connectivity index (χ0n) is 9.74. The second-order valence-corrected chi connectivity index (χ2v) is 5.70. The Hall–Kier alpha value is 0.230. The van der Waals surface area contributed by atoms with Crippen LogP contribution in [0.4, 0.5) is 0 Å². The molecule has 2 aliphatic heterocycles. The minimum Gasteiger partial charge on any atom is -0.314 e. The summed E-state index contributed by atoms with van der Waals surface area (Å²) in [7, 11) is 0. The molecule has 2 aliphatic rings. The molecular weight excluding hydrogens is 206 g/mol. The van der Waals surface area contributed by atoms with E-state index in [1.54, 1.807) is 0 Å². The van der Waals surface area contributed by atoms with Gasteiger partial charge in [0.05, 0.1) is 0 Å². The predicted molar refractivity (Wildman–Crippen MR) is 67.7 cm³/mol. The molecule has 2 fully saturated rings. The minimum atomic E-state index is 0.784. The van der Waals surface area contributed by atoms with Crippen LogP contribution in [0.25, 0.3) is 0 Å². The third-order valence-corrected chi connectivity index (χ3v) is 4.61. The van der Waals surface area contributed by atoms with Crippen molar-refractivity contribution in [1.29, 1.82) is 0 Å². The second-order valence-electron chi connectivity index (χ2n) is 4.55. The number of hydrogen-bond donors (Lipinski definition) is 1. The van der Waals surface area contributed by atoms with Crippen LogP contribution in [0.2, 0.25) is 0 Å². The molecule has 4 heteroatoms. The van der Waals surface area contributed by atoms with Crippen molar-refractivity contribution in [3.63, 3.8) is 0 Å². The number of nitrogens with zero attached hydrogens (tertiary/aromatic N) is 2.